The van der Waals surface area contributed by atoms with E-state index in [2.05, 4.69) is 10.3 Å². The molecule has 30 heavy (non-hydrogen) atoms. The highest BCUT2D eigenvalue weighted by Crippen LogP contribution is 2.32. The van der Waals surface area contributed by atoms with Gasteiger partial charge < -0.3 is 5.32 Å². The Bertz CT molecular complexity index is 1160. The molecule has 1 aliphatic rings. The van der Waals surface area contributed by atoms with Crippen LogP contribution in [0.3, 0.4) is 0 Å². The van der Waals surface area contributed by atoms with Crippen LogP contribution in [0.4, 0.5) is 5.69 Å². The van der Waals surface area contributed by atoms with Crippen LogP contribution in [0.2, 0.25) is 10.0 Å². The summed E-state index contributed by atoms with van der Waals surface area (Å²) in [6.07, 6.45) is 1.87. The second kappa shape index (κ2) is 9.31. The number of carbonyl (C=O) groups is 1. The maximum atomic E-state index is 12.3. The maximum Gasteiger partial charge on any atom is 0.264 e. The van der Waals surface area contributed by atoms with Crippen molar-refractivity contribution in [2.75, 3.05) is 0 Å². The van der Waals surface area contributed by atoms with Gasteiger partial charge in [0.25, 0.3) is 5.91 Å². The minimum absolute atomic E-state index is 0.155. The van der Waals surface area contributed by atoms with Crippen LogP contribution < -0.4 is 5.32 Å². The van der Waals surface area contributed by atoms with Gasteiger partial charge in [0.1, 0.15) is 0 Å². The first-order valence-electron chi connectivity index (χ1n) is 9.05. The fourth-order valence-corrected chi connectivity index (χ4v) is 4.66. The van der Waals surface area contributed by atoms with Crippen molar-refractivity contribution in [1.29, 1.82) is 0 Å². The van der Waals surface area contributed by atoms with Crippen LogP contribution in [0, 0.1) is 6.92 Å². The Morgan fingerprint density at radius 2 is 1.57 bits per heavy atom. The Labute approximate surface area is 193 Å². The number of benzene rings is 3. The number of thioether (sulfide) groups is 1. The van der Waals surface area contributed by atoms with Gasteiger partial charge in [-0.3, -0.25) is 4.79 Å². The number of rotatable bonds is 4. The first-order chi connectivity index (χ1) is 14.5. The number of aliphatic imine (C=N–C) groups is 1. The monoisotopic (exact) mass is 470 g/mol. The third kappa shape index (κ3) is 5.29. The summed E-state index contributed by atoms with van der Waals surface area (Å²) in [5.41, 5.74) is 2.69. The smallest absolute Gasteiger partial charge is 0.264 e. The van der Waals surface area contributed by atoms with Crippen molar-refractivity contribution < 1.29 is 4.79 Å². The minimum atomic E-state index is -0.155. The van der Waals surface area contributed by atoms with E-state index in [0.29, 0.717) is 15.1 Å². The van der Waals surface area contributed by atoms with Gasteiger partial charge in [-0.1, -0.05) is 53.2 Å². The molecule has 1 saturated heterocycles. The summed E-state index contributed by atoms with van der Waals surface area (Å²) in [6.45, 7) is 1.96. The molecule has 4 rings (SSSR count). The number of nitrogens with zero attached hydrogens (tertiary/aromatic N) is 1. The quantitative estimate of drug-likeness (QED) is 0.405. The van der Waals surface area contributed by atoms with E-state index in [9.17, 15) is 4.79 Å². The zero-order valence-corrected chi connectivity index (χ0v) is 19.0. The van der Waals surface area contributed by atoms with Gasteiger partial charge in [0.15, 0.2) is 5.17 Å². The first kappa shape index (κ1) is 21.1. The molecule has 7 heteroatoms. The zero-order chi connectivity index (χ0) is 21.1. The fourth-order valence-electron chi connectivity index (χ4n) is 2.72. The van der Waals surface area contributed by atoms with Gasteiger partial charge in [0, 0.05) is 19.8 Å². The Balaban J connectivity index is 1.48. The molecule has 0 spiro atoms. The molecule has 3 nitrogen and oxygen atoms in total. The van der Waals surface area contributed by atoms with E-state index in [1.165, 1.54) is 11.8 Å². The van der Waals surface area contributed by atoms with Crippen LogP contribution in [-0.2, 0) is 4.79 Å². The summed E-state index contributed by atoms with van der Waals surface area (Å²) in [4.78, 5) is 19.7. The summed E-state index contributed by atoms with van der Waals surface area (Å²) in [5, 5.41) is 4.70. The molecular weight excluding hydrogens is 455 g/mol. The molecule has 0 unspecified atom stereocenters. The van der Waals surface area contributed by atoms with Crippen molar-refractivity contribution in [2.24, 2.45) is 4.99 Å². The standard InChI is InChI=1S/C23H16Cl2N2OS2/c1-14-2-5-17(25)13-20(14)26-23-27-22(28)21(30-23)12-15-3-8-18(9-4-15)29-19-10-6-16(24)7-11-19/h2-13H,1H3,(H,26,27,28). The zero-order valence-electron chi connectivity index (χ0n) is 15.9. The average molecular weight is 471 g/mol. The number of aryl methyl sites for hydroxylation is 1. The van der Waals surface area contributed by atoms with E-state index < -0.39 is 0 Å². The average Bonchev–Trinajstić information content (AvgIpc) is 3.07. The number of hydrogen-bond donors (Lipinski definition) is 1. The largest absolute Gasteiger partial charge is 0.300 e. The van der Waals surface area contributed by atoms with Crippen LogP contribution in [0.15, 0.2) is 86.4 Å². The molecule has 1 heterocycles. The summed E-state index contributed by atoms with van der Waals surface area (Å²) < 4.78 is 0. The SMILES string of the molecule is Cc1ccc(Cl)cc1N=C1NC(=O)C(=Cc2ccc(Sc3ccc(Cl)cc3)cc2)S1. The Hall–Kier alpha value is -2.18. The first-order valence-corrected chi connectivity index (χ1v) is 11.4. The molecule has 150 valence electrons. The van der Waals surface area contributed by atoms with Crippen molar-refractivity contribution in [3.8, 4) is 0 Å². The Morgan fingerprint density at radius 1 is 0.933 bits per heavy atom. The summed E-state index contributed by atoms with van der Waals surface area (Å²) >= 11 is 15.0. The molecule has 0 radical (unpaired) electrons. The molecule has 0 aromatic heterocycles. The highest BCUT2D eigenvalue weighted by atomic mass is 35.5. The highest BCUT2D eigenvalue weighted by Gasteiger charge is 2.24. The number of carbonyl (C=O) groups excluding carboxylic acids is 1. The van der Waals surface area contributed by atoms with Gasteiger partial charge >= 0.3 is 0 Å². The molecule has 1 fully saturated rings. The van der Waals surface area contributed by atoms with E-state index in [-0.39, 0.29) is 5.91 Å². The third-order valence-electron chi connectivity index (χ3n) is 4.27. The number of amides is 1. The normalized spacial score (nSPS) is 16.3. The lowest BCUT2D eigenvalue weighted by molar-refractivity contribution is -0.115. The van der Waals surface area contributed by atoms with Crippen molar-refractivity contribution >= 4 is 69.6 Å². The lowest BCUT2D eigenvalue weighted by Gasteiger charge is -2.03. The van der Waals surface area contributed by atoms with E-state index in [0.717, 1.165) is 31.6 Å². The van der Waals surface area contributed by atoms with Crippen LogP contribution in [0.5, 0.6) is 0 Å². The van der Waals surface area contributed by atoms with Crippen LogP contribution >= 0.6 is 46.7 Å². The maximum absolute atomic E-state index is 12.3. The van der Waals surface area contributed by atoms with Gasteiger partial charge in [0.2, 0.25) is 0 Å². The summed E-state index contributed by atoms with van der Waals surface area (Å²) in [6, 6.07) is 21.3. The van der Waals surface area contributed by atoms with E-state index >= 15 is 0 Å². The molecule has 3 aromatic carbocycles. The molecule has 1 amide bonds. The van der Waals surface area contributed by atoms with Crippen molar-refractivity contribution in [3.05, 3.63) is 92.8 Å². The topological polar surface area (TPSA) is 41.5 Å². The number of halogens is 2. The predicted molar refractivity (Wildman–Crippen MR) is 129 cm³/mol. The van der Waals surface area contributed by atoms with Gasteiger partial charge in [-0.25, -0.2) is 4.99 Å². The van der Waals surface area contributed by atoms with E-state index in [1.54, 1.807) is 17.8 Å². The van der Waals surface area contributed by atoms with E-state index in [4.69, 9.17) is 23.2 Å². The Morgan fingerprint density at radius 3 is 2.27 bits per heavy atom. The van der Waals surface area contributed by atoms with Gasteiger partial charge in [-0.05, 0) is 84.4 Å². The molecule has 0 bridgehead atoms. The summed E-state index contributed by atoms with van der Waals surface area (Å²) in [5.74, 6) is -0.155. The molecule has 1 aliphatic heterocycles. The fraction of sp³-hybridized carbons (Fsp3) is 0.0435. The Kier molecular flexibility index (Phi) is 6.54. The lowest BCUT2D eigenvalue weighted by Crippen LogP contribution is -2.19. The second-order valence-electron chi connectivity index (χ2n) is 6.54. The molecule has 1 N–H and O–H groups in total. The van der Waals surface area contributed by atoms with Crippen LogP contribution in [-0.4, -0.2) is 11.1 Å². The number of hydrogen-bond acceptors (Lipinski definition) is 4. The van der Waals surface area contributed by atoms with Gasteiger partial charge in [-0.2, -0.15) is 0 Å². The second-order valence-corrected chi connectivity index (χ2v) is 9.59. The molecule has 0 atom stereocenters. The number of amidine groups is 1. The van der Waals surface area contributed by atoms with Crippen molar-refractivity contribution in [2.45, 2.75) is 16.7 Å². The summed E-state index contributed by atoms with van der Waals surface area (Å²) in [7, 11) is 0. The van der Waals surface area contributed by atoms with Crippen LogP contribution in [0.25, 0.3) is 6.08 Å². The molecular formula is C23H16Cl2N2OS2. The van der Waals surface area contributed by atoms with Gasteiger partial charge in [0.05, 0.1) is 10.6 Å². The molecule has 0 aliphatic carbocycles. The van der Waals surface area contributed by atoms with Crippen molar-refractivity contribution in [3.63, 3.8) is 0 Å². The van der Waals surface area contributed by atoms with Crippen molar-refractivity contribution in [1.82, 2.24) is 5.32 Å². The van der Waals surface area contributed by atoms with E-state index in [1.807, 2.05) is 73.7 Å². The third-order valence-corrected chi connectivity index (χ3v) is 6.68. The molecule has 3 aromatic rings. The minimum Gasteiger partial charge on any atom is -0.300 e. The highest BCUT2D eigenvalue weighted by molar-refractivity contribution is 8.18. The number of nitrogens with one attached hydrogen (secondary N) is 1. The predicted octanol–water partition coefficient (Wildman–Crippen LogP) is 7.34. The molecule has 0 saturated carbocycles. The van der Waals surface area contributed by atoms with Gasteiger partial charge in [-0.15, -0.1) is 0 Å². The lowest BCUT2D eigenvalue weighted by atomic mass is 10.2. The van der Waals surface area contributed by atoms with Crippen LogP contribution in [0.1, 0.15) is 11.1 Å².